The van der Waals surface area contributed by atoms with Gasteiger partial charge in [-0.05, 0) is 77.5 Å². The maximum atomic E-state index is 13.0. The predicted molar refractivity (Wildman–Crippen MR) is 117 cm³/mol. The molecule has 1 atom stereocenters. The van der Waals surface area contributed by atoms with Gasteiger partial charge in [-0.3, -0.25) is 4.79 Å². The largest absolute Gasteiger partial charge is 0.497 e. The van der Waals surface area contributed by atoms with Crippen LogP contribution in [0.1, 0.15) is 39.0 Å². The number of hydrogen-bond acceptors (Lipinski definition) is 2. The minimum absolute atomic E-state index is 0.0276. The van der Waals surface area contributed by atoms with Crippen LogP contribution >= 0.6 is 15.9 Å². The summed E-state index contributed by atoms with van der Waals surface area (Å²) in [5.74, 6) is 1.09. The highest BCUT2D eigenvalue weighted by atomic mass is 79.9. The molecule has 1 unspecified atom stereocenters. The third kappa shape index (κ3) is 4.43. The van der Waals surface area contributed by atoms with Crippen LogP contribution in [0, 0.1) is 12.8 Å². The summed E-state index contributed by atoms with van der Waals surface area (Å²) in [7, 11) is 1.66. The molecule has 148 valence electrons. The standard InChI is InChI=1S/C25H25BrNO2/c1-17-4-3-5-18(12-17)15-27-11-10-20(24(26)16-27)13-21-7-6-19-14-22(29-2)8-9-23(19)25(21)28/h3-5,8-12,14,16,21H,6-7,13,15H2,1-2H3/q+1. The number of aromatic nitrogens is 1. The molecule has 0 fully saturated rings. The summed E-state index contributed by atoms with van der Waals surface area (Å²) in [6, 6.07) is 16.5. The number of benzene rings is 2. The van der Waals surface area contributed by atoms with Gasteiger partial charge >= 0.3 is 0 Å². The zero-order valence-electron chi connectivity index (χ0n) is 16.8. The number of carbonyl (C=O) groups excluding carboxylic acids is 1. The second-order valence-electron chi connectivity index (χ2n) is 7.81. The summed E-state index contributed by atoms with van der Waals surface area (Å²) >= 11 is 3.72. The van der Waals surface area contributed by atoms with E-state index < -0.39 is 0 Å². The van der Waals surface area contributed by atoms with Crippen molar-refractivity contribution in [3.05, 3.63) is 93.2 Å². The molecule has 1 aliphatic carbocycles. The van der Waals surface area contributed by atoms with Crippen molar-refractivity contribution in [3.63, 3.8) is 0 Å². The molecule has 0 saturated carbocycles. The number of halogens is 1. The molecule has 1 heterocycles. The summed E-state index contributed by atoms with van der Waals surface area (Å²) in [6.07, 6.45) is 6.78. The van der Waals surface area contributed by atoms with Gasteiger partial charge in [0.05, 0.1) is 11.6 Å². The molecule has 4 heteroatoms. The normalized spacial score (nSPS) is 15.8. The van der Waals surface area contributed by atoms with Gasteiger partial charge < -0.3 is 4.74 Å². The van der Waals surface area contributed by atoms with E-state index in [1.54, 1.807) is 7.11 Å². The van der Waals surface area contributed by atoms with Crippen LogP contribution in [0.2, 0.25) is 0 Å². The van der Waals surface area contributed by atoms with E-state index in [4.69, 9.17) is 4.74 Å². The monoisotopic (exact) mass is 450 g/mol. The van der Waals surface area contributed by atoms with E-state index in [0.29, 0.717) is 0 Å². The molecule has 4 rings (SSSR count). The highest BCUT2D eigenvalue weighted by Gasteiger charge is 2.28. The third-order valence-corrected chi connectivity index (χ3v) is 6.39. The minimum Gasteiger partial charge on any atom is -0.497 e. The van der Waals surface area contributed by atoms with E-state index in [9.17, 15) is 4.79 Å². The van der Waals surface area contributed by atoms with Crippen molar-refractivity contribution in [1.29, 1.82) is 0 Å². The van der Waals surface area contributed by atoms with Crippen LogP contribution < -0.4 is 9.30 Å². The lowest BCUT2D eigenvalue weighted by Gasteiger charge is -2.24. The molecule has 0 amide bonds. The molecular weight excluding hydrogens is 426 g/mol. The number of carbonyl (C=O) groups is 1. The highest BCUT2D eigenvalue weighted by molar-refractivity contribution is 9.10. The van der Waals surface area contributed by atoms with E-state index in [-0.39, 0.29) is 11.7 Å². The lowest BCUT2D eigenvalue weighted by atomic mass is 9.80. The van der Waals surface area contributed by atoms with Crippen LogP contribution in [0.4, 0.5) is 0 Å². The molecule has 2 aromatic carbocycles. The number of hydrogen-bond donors (Lipinski definition) is 0. The molecule has 0 spiro atoms. The Balaban J connectivity index is 1.49. The Morgan fingerprint density at radius 1 is 1.17 bits per heavy atom. The van der Waals surface area contributed by atoms with Gasteiger partial charge in [0.1, 0.15) is 5.75 Å². The van der Waals surface area contributed by atoms with E-state index in [0.717, 1.165) is 47.2 Å². The topological polar surface area (TPSA) is 30.2 Å². The number of pyridine rings is 1. The Labute approximate surface area is 180 Å². The smallest absolute Gasteiger partial charge is 0.183 e. The Morgan fingerprint density at radius 3 is 2.79 bits per heavy atom. The fourth-order valence-electron chi connectivity index (χ4n) is 4.11. The number of ether oxygens (including phenoxy) is 1. The van der Waals surface area contributed by atoms with Crippen molar-refractivity contribution in [2.24, 2.45) is 5.92 Å². The van der Waals surface area contributed by atoms with E-state index in [1.807, 2.05) is 18.2 Å². The Kier molecular flexibility index (Phi) is 5.81. The number of nitrogens with zero attached hydrogens (tertiary/aromatic N) is 1. The molecule has 0 bridgehead atoms. The Hall–Kier alpha value is -2.46. The number of Topliss-reactive ketones (excluding diaryl/α,β-unsaturated/α-hetero) is 1. The Bertz CT molecular complexity index is 1060. The molecule has 0 aliphatic heterocycles. The first-order valence-electron chi connectivity index (χ1n) is 9.97. The predicted octanol–water partition coefficient (Wildman–Crippen LogP) is 5.09. The van der Waals surface area contributed by atoms with Crippen LogP contribution in [0.15, 0.2) is 65.4 Å². The van der Waals surface area contributed by atoms with E-state index >= 15 is 0 Å². The molecule has 29 heavy (non-hydrogen) atoms. The van der Waals surface area contributed by atoms with Crippen molar-refractivity contribution in [2.45, 2.75) is 32.7 Å². The van der Waals surface area contributed by atoms with Gasteiger partial charge in [-0.25, -0.2) is 0 Å². The average molecular weight is 451 g/mol. The number of ketones is 1. The molecule has 0 radical (unpaired) electrons. The quantitative estimate of drug-likeness (QED) is 0.506. The van der Waals surface area contributed by atoms with Crippen LogP contribution in [-0.4, -0.2) is 12.9 Å². The van der Waals surface area contributed by atoms with Crippen LogP contribution in [0.3, 0.4) is 0 Å². The van der Waals surface area contributed by atoms with Crippen LogP contribution in [-0.2, 0) is 19.4 Å². The first kappa shape index (κ1) is 19.8. The van der Waals surface area contributed by atoms with Crippen molar-refractivity contribution in [1.82, 2.24) is 0 Å². The zero-order chi connectivity index (χ0) is 20.4. The maximum absolute atomic E-state index is 13.0. The second kappa shape index (κ2) is 8.50. The molecule has 3 aromatic rings. The molecular formula is C25H25BrNO2+. The van der Waals surface area contributed by atoms with Gasteiger partial charge in [-0.2, -0.15) is 4.57 Å². The summed E-state index contributed by atoms with van der Waals surface area (Å²) in [4.78, 5) is 13.0. The maximum Gasteiger partial charge on any atom is 0.183 e. The van der Waals surface area contributed by atoms with Gasteiger partial charge in [0.2, 0.25) is 0 Å². The second-order valence-corrected chi connectivity index (χ2v) is 8.66. The molecule has 1 aliphatic rings. The Morgan fingerprint density at radius 2 is 2.03 bits per heavy atom. The van der Waals surface area contributed by atoms with Crippen molar-refractivity contribution in [3.8, 4) is 5.75 Å². The average Bonchev–Trinajstić information content (AvgIpc) is 2.71. The van der Waals surface area contributed by atoms with Gasteiger partial charge in [-0.1, -0.05) is 23.8 Å². The minimum atomic E-state index is 0.0276. The van der Waals surface area contributed by atoms with Gasteiger partial charge in [0.25, 0.3) is 0 Å². The van der Waals surface area contributed by atoms with Gasteiger partial charge in [0, 0.05) is 23.1 Å². The van der Waals surface area contributed by atoms with E-state index in [2.05, 4.69) is 70.1 Å². The first-order chi connectivity index (χ1) is 14.0. The first-order valence-corrected chi connectivity index (χ1v) is 10.8. The lowest BCUT2D eigenvalue weighted by molar-refractivity contribution is -0.689. The van der Waals surface area contributed by atoms with E-state index in [1.165, 1.54) is 16.7 Å². The van der Waals surface area contributed by atoms with Gasteiger partial charge in [0.15, 0.2) is 24.7 Å². The summed E-state index contributed by atoms with van der Waals surface area (Å²) < 4.78 is 8.52. The van der Waals surface area contributed by atoms with Crippen molar-refractivity contribution < 1.29 is 14.1 Å². The van der Waals surface area contributed by atoms with Crippen LogP contribution in [0.5, 0.6) is 5.75 Å². The summed E-state index contributed by atoms with van der Waals surface area (Å²) in [6.45, 7) is 2.95. The third-order valence-electron chi connectivity index (χ3n) is 5.68. The van der Waals surface area contributed by atoms with Crippen molar-refractivity contribution in [2.75, 3.05) is 7.11 Å². The molecule has 0 N–H and O–H groups in total. The molecule has 1 aromatic heterocycles. The fourth-order valence-corrected chi connectivity index (χ4v) is 4.66. The number of rotatable bonds is 5. The zero-order valence-corrected chi connectivity index (χ0v) is 18.4. The van der Waals surface area contributed by atoms with Crippen LogP contribution in [0.25, 0.3) is 0 Å². The van der Waals surface area contributed by atoms with Crippen molar-refractivity contribution >= 4 is 21.7 Å². The van der Waals surface area contributed by atoms with Gasteiger partial charge in [-0.15, -0.1) is 0 Å². The number of fused-ring (bicyclic) bond motifs is 1. The number of aryl methyl sites for hydroxylation is 2. The SMILES string of the molecule is COc1ccc2c(c1)CCC(Cc1cc[n+](Cc3cccc(C)c3)cc1Br)C2=O. The highest BCUT2D eigenvalue weighted by Crippen LogP contribution is 2.31. The summed E-state index contributed by atoms with van der Waals surface area (Å²) in [5, 5.41) is 0. The lowest BCUT2D eigenvalue weighted by Crippen LogP contribution is -2.34. The molecule has 3 nitrogen and oxygen atoms in total. The number of methoxy groups -OCH3 is 1. The molecule has 0 saturated heterocycles. The summed E-state index contributed by atoms with van der Waals surface area (Å²) in [5.41, 5.74) is 5.69. The fraction of sp³-hybridized carbons (Fsp3) is 0.280.